The summed E-state index contributed by atoms with van der Waals surface area (Å²) in [5, 5.41) is 9.61. The molecule has 6 nitrogen and oxygen atoms in total. The third-order valence-electron chi connectivity index (χ3n) is 6.50. The number of para-hydroxylation sites is 2. The van der Waals surface area contributed by atoms with Gasteiger partial charge in [-0.25, -0.2) is 0 Å². The topological polar surface area (TPSA) is 70.1 Å². The fourth-order valence-electron chi connectivity index (χ4n) is 5.27. The molecule has 1 saturated heterocycles. The van der Waals surface area contributed by atoms with Crippen LogP contribution in [0.5, 0.6) is 5.75 Å². The Balaban J connectivity index is 1.43. The number of hydrogen-bond acceptors (Lipinski definition) is 4. The van der Waals surface area contributed by atoms with Crippen LogP contribution in [0.25, 0.3) is 0 Å². The van der Waals surface area contributed by atoms with E-state index in [9.17, 15) is 14.7 Å². The van der Waals surface area contributed by atoms with Crippen LogP contribution >= 0.6 is 0 Å². The molecule has 1 heterocycles. The first-order valence-corrected chi connectivity index (χ1v) is 9.49. The van der Waals surface area contributed by atoms with Gasteiger partial charge in [0.2, 0.25) is 5.91 Å². The number of piperazine rings is 1. The monoisotopic (exact) mass is 358 g/mol. The summed E-state index contributed by atoms with van der Waals surface area (Å²) < 4.78 is 5.44. The Morgan fingerprint density at radius 2 is 1.69 bits per heavy atom. The maximum atomic E-state index is 13.1. The summed E-state index contributed by atoms with van der Waals surface area (Å²) in [7, 11) is 1.67. The Bertz CT molecular complexity index is 699. The minimum absolute atomic E-state index is 0.0595. The second kappa shape index (κ2) is 6.82. The van der Waals surface area contributed by atoms with E-state index in [2.05, 4.69) is 4.90 Å². The first kappa shape index (κ1) is 17.2. The molecule has 6 heteroatoms. The third kappa shape index (κ3) is 2.81. The Morgan fingerprint density at radius 1 is 1.04 bits per heavy atom. The van der Waals surface area contributed by atoms with E-state index in [0.29, 0.717) is 13.1 Å². The van der Waals surface area contributed by atoms with Crippen molar-refractivity contribution in [3.63, 3.8) is 0 Å². The summed E-state index contributed by atoms with van der Waals surface area (Å²) in [4.78, 5) is 28.9. The molecule has 1 N–H and O–H groups in total. The van der Waals surface area contributed by atoms with Crippen LogP contribution in [-0.2, 0) is 9.59 Å². The predicted octanol–water partition coefficient (Wildman–Crippen LogP) is 2.09. The number of hydrogen-bond donors (Lipinski definition) is 1. The van der Waals surface area contributed by atoms with Crippen molar-refractivity contribution in [1.82, 2.24) is 4.90 Å². The van der Waals surface area contributed by atoms with Gasteiger partial charge in [-0.2, -0.15) is 0 Å². The lowest BCUT2D eigenvalue weighted by molar-refractivity contribution is -0.153. The molecule has 2 aliphatic carbocycles. The van der Waals surface area contributed by atoms with Crippen molar-refractivity contribution in [1.29, 1.82) is 0 Å². The van der Waals surface area contributed by atoms with Gasteiger partial charge in [-0.15, -0.1) is 0 Å². The molecular formula is C20H26N2O4. The number of amides is 1. The van der Waals surface area contributed by atoms with Crippen LogP contribution in [0.4, 0.5) is 5.69 Å². The van der Waals surface area contributed by atoms with Gasteiger partial charge in [-0.05, 0) is 43.2 Å². The Hall–Kier alpha value is -2.24. The van der Waals surface area contributed by atoms with Crippen molar-refractivity contribution >= 4 is 17.6 Å². The lowest BCUT2D eigenvalue weighted by Gasteiger charge is -2.39. The molecule has 3 aliphatic rings. The maximum absolute atomic E-state index is 13.1. The standard InChI is InChI=1S/C20H26N2O4/c1-26-16-5-3-2-4-15(16)21-8-10-22(11-9-21)19(23)17-13-6-7-14(12-13)18(17)20(24)25/h2-5,13-14,17-18H,6-12H2,1H3,(H,24,25)/t13-,14-,17+,18+/m0/s1. The largest absolute Gasteiger partial charge is 0.495 e. The number of aliphatic carboxylic acids is 1. The van der Waals surface area contributed by atoms with E-state index in [0.717, 1.165) is 43.8 Å². The molecule has 4 rings (SSSR count). The highest BCUT2D eigenvalue weighted by Crippen LogP contribution is 2.53. The summed E-state index contributed by atoms with van der Waals surface area (Å²) in [6.07, 6.45) is 2.88. The molecule has 1 aromatic carbocycles. The van der Waals surface area contributed by atoms with Crippen LogP contribution in [0.3, 0.4) is 0 Å². The maximum Gasteiger partial charge on any atom is 0.307 e. The number of anilines is 1. The molecular weight excluding hydrogens is 332 g/mol. The number of methoxy groups -OCH3 is 1. The number of carbonyl (C=O) groups excluding carboxylic acids is 1. The Kier molecular flexibility index (Phi) is 4.51. The highest BCUT2D eigenvalue weighted by molar-refractivity contribution is 5.86. The van der Waals surface area contributed by atoms with E-state index >= 15 is 0 Å². The lowest BCUT2D eigenvalue weighted by atomic mass is 9.78. The van der Waals surface area contributed by atoms with Crippen LogP contribution in [0.15, 0.2) is 24.3 Å². The number of carboxylic acids is 1. The Labute approximate surface area is 153 Å². The second-order valence-electron chi connectivity index (χ2n) is 7.71. The van der Waals surface area contributed by atoms with Gasteiger partial charge in [-0.1, -0.05) is 12.1 Å². The van der Waals surface area contributed by atoms with Gasteiger partial charge in [0.15, 0.2) is 0 Å². The van der Waals surface area contributed by atoms with Crippen LogP contribution in [0.1, 0.15) is 19.3 Å². The minimum Gasteiger partial charge on any atom is -0.495 e. The quantitative estimate of drug-likeness (QED) is 0.892. The zero-order valence-corrected chi connectivity index (χ0v) is 15.1. The van der Waals surface area contributed by atoms with Crippen molar-refractivity contribution in [2.75, 3.05) is 38.2 Å². The van der Waals surface area contributed by atoms with Gasteiger partial charge in [0, 0.05) is 26.2 Å². The minimum atomic E-state index is -0.789. The van der Waals surface area contributed by atoms with Crippen LogP contribution in [0.2, 0.25) is 0 Å². The van der Waals surface area contributed by atoms with Crippen LogP contribution in [-0.4, -0.2) is 55.2 Å². The lowest BCUT2D eigenvalue weighted by Crippen LogP contribution is -2.52. The molecule has 4 atom stereocenters. The zero-order chi connectivity index (χ0) is 18.3. The first-order chi connectivity index (χ1) is 12.6. The first-order valence-electron chi connectivity index (χ1n) is 9.49. The molecule has 26 heavy (non-hydrogen) atoms. The van der Waals surface area contributed by atoms with E-state index in [1.54, 1.807) is 7.11 Å². The van der Waals surface area contributed by atoms with E-state index in [1.165, 1.54) is 0 Å². The fraction of sp³-hybridized carbons (Fsp3) is 0.600. The van der Waals surface area contributed by atoms with Crippen molar-refractivity contribution in [3.8, 4) is 5.75 Å². The summed E-state index contributed by atoms with van der Waals surface area (Å²) >= 11 is 0. The average Bonchev–Trinajstić information content (AvgIpc) is 3.29. The highest BCUT2D eigenvalue weighted by atomic mass is 16.5. The summed E-state index contributed by atoms with van der Waals surface area (Å²) in [6, 6.07) is 7.91. The molecule has 140 valence electrons. The van der Waals surface area contributed by atoms with E-state index < -0.39 is 11.9 Å². The van der Waals surface area contributed by atoms with Crippen LogP contribution < -0.4 is 9.64 Å². The van der Waals surface area contributed by atoms with Crippen LogP contribution in [0, 0.1) is 23.7 Å². The molecule has 1 amide bonds. The SMILES string of the molecule is COc1ccccc1N1CCN(C(=O)[C@@H]2[C@H]3CC[C@@H](C3)[C@H]2C(=O)O)CC1. The highest BCUT2D eigenvalue weighted by Gasteiger charge is 2.54. The van der Waals surface area contributed by atoms with Gasteiger partial charge in [0.05, 0.1) is 24.6 Å². The molecule has 0 spiro atoms. The third-order valence-corrected chi connectivity index (χ3v) is 6.50. The second-order valence-corrected chi connectivity index (χ2v) is 7.71. The number of ether oxygens (including phenoxy) is 1. The van der Waals surface area contributed by atoms with Crippen molar-refractivity contribution in [2.24, 2.45) is 23.7 Å². The van der Waals surface area contributed by atoms with Gasteiger partial charge >= 0.3 is 5.97 Å². The van der Waals surface area contributed by atoms with Gasteiger partial charge < -0.3 is 19.6 Å². The smallest absolute Gasteiger partial charge is 0.307 e. The van der Waals surface area contributed by atoms with Crippen molar-refractivity contribution in [3.05, 3.63) is 24.3 Å². The number of nitrogens with zero attached hydrogens (tertiary/aromatic N) is 2. The molecule has 0 radical (unpaired) electrons. The van der Waals surface area contributed by atoms with Gasteiger partial charge in [0.1, 0.15) is 5.75 Å². The number of carboxylic acid groups (broad SMARTS) is 1. The normalized spacial score (nSPS) is 30.5. The molecule has 1 aromatic rings. The molecule has 0 unspecified atom stereocenters. The average molecular weight is 358 g/mol. The molecule has 3 fully saturated rings. The molecule has 0 aromatic heterocycles. The summed E-state index contributed by atoms with van der Waals surface area (Å²) in [5.74, 6) is -0.224. The number of fused-ring (bicyclic) bond motifs is 2. The van der Waals surface area contributed by atoms with Gasteiger partial charge in [0.25, 0.3) is 0 Å². The molecule has 1 aliphatic heterocycles. The number of carbonyl (C=O) groups is 2. The summed E-state index contributed by atoms with van der Waals surface area (Å²) in [5.41, 5.74) is 1.05. The molecule has 2 saturated carbocycles. The van der Waals surface area contributed by atoms with E-state index in [1.807, 2.05) is 29.2 Å². The van der Waals surface area contributed by atoms with E-state index in [4.69, 9.17) is 4.74 Å². The Morgan fingerprint density at radius 3 is 2.35 bits per heavy atom. The number of benzene rings is 1. The van der Waals surface area contributed by atoms with Crippen molar-refractivity contribution in [2.45, 2.75) is 19.3 Å². The zero-order valence-electron chi connectivity index (χ0n) is 15.1. The fourth-order valence-corrected chi connectivity index (χ4v) is 5.27. The predicted molar refractivity (Wildman–Crippen MR) is 97.2 cm³/mol. The summed E-state index contributed by atoms with van der Waals surface area (Å²) in [6.45, 7) is 2.75. The molecule has 2 bridgehead atoms. The van der Waals surface area contributed by atoms with E-state index in [-0.39, 0.29) is 23.7 Å². The number of rotatable bonds is 4. The van der Waals surface area contributed by atoms with Crippen molar-refractivity contribution < 1.29 is 19.4 Å². The van der Waals surface area contributed by atoms with Gasteiger partial charge in [-0.3, -0.25) is 9.59 Å².